The fourth-order valence-corrected chi connectivity index (χ4v) is 8.33. The predicted octanol–water partition coefficient (Wildman–Crippen LogP) is 10.4. The quantitative estimate of drug-likeness (QED) is 0.185. The van der Waals surface area contributed by atoms with Crippen LogP contribution in [0.5, 0.6) is 0 Å². The second-order valence-electron chi connectivity index (χ2n) is 12.7. The van der Waals surface area contributed by atoms with Gasteiger partial charge in [0.15, 0.2) is 17.5 Å². The van der Waals surface area contributed by atoms with Crippen LogP contribution in [0.4, 0.5) is 0 Å². The zero-order valence-electron chi connectivity index (χ0n) is 27.0. The van der Waals surface area contributed by atoms with Gasteiger partial charge in [-0.3, -0.25) is 0 Å². The predicted molar refractivity (Wildman–Crippen MR) is 206 cm³/mol. The number of benzene rings is 6. The van der Waals surface area contributed by atoms with E-state index < -0.39 is 0 Å². The average Bonchev–Trinajstić information content (AvgIpc) is 3.76. The van der Waals surface area contributed by atoms with Crippen LogP contribution in [-0.2, 0) is 0 Å². The van der Waals surface area contributed by atoms with Gasteiger partial charge in [0.1, 0.15) is 11.2 Å². The molecule has 0 spiro atoms. The van der Waals surface area contributed by atoms with E-state index in [9.17, 15) is 0 Å². The van der Waals surface area contributed by atoms with Gasteiger partial charge in [0.25, 0.3) is 0 Å². The van der Waals surface area contributed by atoms with E-state index in [1.54, 1.807) is 0 Å². The third kappa shape index (κ3) is 4.94. The highest BCUT2D eigenvalue weighted by Gasteiger charge is 2.19. The van der Waals surface area contributed by atoms with Crippen molar-refractivity contribution in [2.45, 2.75) is 12.8 Å². The van der Waals surface area contributed by atoms with Gasteiger partial charge in [-0.2, -0.15) is 0 Å². The Balaban J connectivity index is 1.15. The molecular formula is C45H29N3OS. The lowest BCUT2D eigenvalue weighted by atomic mass is 9.97. The highest BCUT2D eigenvalue weighted by Crippen LogP contribution is 2.33. The lowest BCUT2D eigenvalue weighted by Gasteiger charge is -2.12. The zero-order chi connectivity index (χ0) is 33.0. The number of thiophene rings is 1. The molecule has 0 amide bonds. The summed E-state index contributed by atoms with van der Waals surface area (Å²) in [5.41, 5.74) is 9.63. The molecule has 6 aromatic carbocycles. The maximum absolute atomic E-state index is 6.13. The van der Waals surface area contributed by atoms with Gasteiger partial charge in [0.05, 0.1) is 0 Å². The van der Waals surface area contributed by atoms with Crippen LogP contribution < -0.4 is 9.75 Å². The summed E-state index contributed by atoms with van der Waals surface area (Å²) in [6, 6.07) is 50.9. The molecule has 0 N–H and O–H groups in total. The van der Waals surface area contributed by atoms with Crippen molar-refractivity contribution in [1.29, 1.82) is 0 Å². The number of aromatic nitrogens is 3. The number of nitrogens with zero attached hydrogens (tertiary/aromatic N) is 3. The molecule has 5 heteroatoms. The van der Waals surface area contributed by atoms with Gasteiger partial charge in [-0.25, -0.2) is 15.0 Å². The molecule has 1 aliphatic carbocycles. The molecule has 0 saturated heterocycles. The van der Waals surface area contributed by atoms with Gasteiger partial charge in [0, 0.05) is 47.3 Å². The lowest BCUT2D eigenvalue weighted by molar-refractivity contribution is 0.669. The van der Waals surface area contributed by atoms with E-state index in [1.165, 1.54) is 47.7 Å². The second-order valence-corrected chi connectivity index (χ2v) is 13.8. The molecule has 0 atom stereocenters. The summed E-state index contributed by atoms with van der Waals surface area (Å²) in [5, 5.41) is 4.62. The van der Waals surface area contributed by atoms with E-state index >= 15 is 0 Å². The maximum Gasteiger partial charge on any atom is 0.164 e. The molecule has 0 radical (unpaired) electrons. The third-order valence-corrected chi connectivity index (χ3v) is 10.8. The molecule has 9 aromatic rings. The Morgan fingerprint density at radius 1 is 0.460 bits per heavy atom. The Labute approximate surface area is 292 Å². The standard InChI is InChI=1S/C45H29N3OS/c1-3-10-28(11-4-1)29-18-20-30(21-19-29)32-23-25-40-37(26-32)42-35(15-9-17-41(42)50-40)45-47-43(31-12-5-2-6-13-31)46-44(48-45)33-22-24-39-36(27-33)34-14-7-8-16-38(34)49-39/h1-8,10-14,16-27H,9,15H2. The van der Waals surface area contributed by atoms with Crippen LogP contribution in [0.3, 0.4) is 0 Å². The van der Waals surface area contributed by atoms with Crippen LogP contribution in [0.2, 0.25) is 0 Å². The molecule has 3 aromatic heterocycles. The topological polar surface area (TPSA) is 51.8 Å². The van der Waals surface area contributed by atoms with Crippen LogP contribution in [-0.4, -0.2) is 15.0 Å². The van der Waals surface area contributed by atoms with E-state index in [1.807, 2.05) is 53.8 Å². The number of fused-ring (bicyclic) bond motifs is 6. The minimum atomic E-state index is 0.656. The van der Waals surface area contributed by atoms with Gasteiger partial charge >= 0.3 is 0 Å². The summed E-state index contributed by atoms with van der Waals surface area (Å²) in [7, 11) is 0. The minimum Gasteiger partial charge on any atom is -0.456 e. The molecular weight excluding hydrogens is 631 g/mol. The average molecular weight is 660 g/mol. The Hall–Kier alpha value is -6.17. The van der Waals surface area contributed by atoms with Crippen LogP contribution in [0.15, 0.2) is 150 Å². The van der Waals surface area contributed by atoms with Gasteiger partial charge in [-0.15, -0.1) is 11.3 Å². The van der Waals surface area contributed by atoms with Crippen molar-refractivity contribution < 1.29 is 4.42 Å². The second kappa shape index (κ2) is 11.8. The highest BCUT2D eigenvalue weighted by atomic mass is 32.1. The number of hydrogen-bond donors (Lipinski definition) is 0. The fraction of sp³-hybridized carbons (Fsp3) is 0.0444. The molecule has 3 heterocycles. The van der Waals surface area contributed by atoms with Crippen molar-refractivity contribution in [3.05, 3.63) is 161 Å². The maximum atomic E-state index is 6.13. The van der Waals surface area contributed by atoms with Crippen LogP contribution in [0.1, 0.15) is 18.7 Å². The summed E-state index contributed by atoms with van der Waals surface area (Å²) in [6.07, 6.45) is 4.17. The SMILES string of the molecule is C1=c2sc3ccc(-c4ccc(-c5ccccc5)cc4)cc3c2=C(c2nc(-c3ccccc3)nc(-c3ccc4oc5ccccc5c4c3)n2)CC1. The first-order valence-corrected chi connectivity index (χ1v) is 17.7. The van der Waals surface area contributed by atoms with Crippen molar-refractivity contribution in [2.75, 3.05) is 0 Å². The molecule has 0 aliphatic heterocycles. The Morgan fingerprint density at radius 2 is 1.04 bits per heavy atom. The summed E-state index contributed by atoms with van der Waals surface area (Å²) < 4.78 is 8.69. The Bertz CT molecular complexity index is 2850. The van der Waals surface area contributed by atoms with E-state index in [0.717, 1.165) is 51.7 Å². The van der Waals surface area contributed by atoms with E-state index in [0.29, 0.717) is 11.6 Å². The van der Waals surface area contributed by atoms with Gasteiger partial charge < -0.3 is 4.42 Å². The molecule has 10 rings (SSSR count). The largest absolute Gasteiger partial charge is 0.456 e. The van der Waals surface area contributed by atoms with Crippen molar-refractivity contribution in [3.8, 4) is 45.0 Å². The molecule has 4 nitrogen and oxygen atoms in total. The molecule has 0 bridgehead atoms. The Kier molecular flexibility index (Phi) is 6.78. The molecule has 50 heavy (non-hydrogen) atoms. The lowest BCUT2D eigenvalue weighted by Crippen LogP contribution is -2.26. The van der Waals surface area contributed by atoms with Crippen molar-refractivity contribution >= 4 is 55.0 Å². The number of furan rings is 1. The monoisotopic (exact) mass is 659 g/mol. The molecule has 0 unspecified atom stereocenters. The van der Waals surface area contributed by atoms with E-state index in [4.69, 9.17) is 19.4 Å². The molecule has 1 aliphatic rings. The molecule has 236 valence electrons. The first-order valence-electron chi connectivity index (χ1n) is 16.9. The number of para-hydroxylation sites is 1. The summed E-state index contributed by atoms with van der Waals surface area (Å²) in [4.78, 5) is 15.5. The summed E-state index contributed by atoms with van der Waals surface area (Å²) >= 11 is 1.85. The normalized spacial score (nSPS) is 12.8. The molecule has 0 saturated carbocycles. The summed E-state index contributed by atoms with van der Waals surface area (Å²) in [6.45, 7) is 0. The van der Waals surface area contributed by atoms with Crippen molar-refractivity contribution in [2.24, 2.45) is 0 Å². The van der Waals surface area contributed by atoms with E-state index in [2.05, 4.69) is 109 Å². The number of hydrogen-bond acceptors (Lipinski definition) is 5. The number of rotatable bonds is 5. The summed E-state index contributed by atoms with van der Waals surface area (Å²) in [5.74, 6) is 2.06. The molecule has 0 fully saturated rings. The van der Waals surface area contributed by atoms with Crippen LogP contribution >= 0.6 is 11.3 Å². The first-order chi connectivity index (χ1) is 24.7. The van der Waals surface area contributed by atoms with Crippen molar-refractivity contribution in [1.82, 2.24) is 15.0 Å². The highest BCUT2D eigenvalue weighted by molar-refractivity contribution is 7.17. The van der Waals surface area contributed by atoms with Crippen molar-refractivity contribution in [3.63, 3.8) is 0 Å². The van der Waals surface area contributed by atoms with Gasteiger partial charge in [-0.1, -0.05) is 115 Å². The Morgan fingerprint density at radius 3 is 1.84 bits per heavy atom. The first kappa shape index (κ1) is 28.8. The van der Waals surface area contributed by atoms with Crippen LogP contribution in [0, 0.1) is 0 Å². The van der Waals surface area contributed by atoms with Gasteiger partial charge in [0.2, 0.25) is 0 Å². The zero-order valence-corrected chi connectivity index (χ0v) is 27.8. The minimum absolute atomic E-state index is 0.656. The fourth-order valence-electron chi connectivity index (χ4n) is 7.15. The third-order valence-electron chi connectivity index (χ3n) is 9.64. The van der Waals surface area contributed by atoms with Gasteiger partial charge in [-0.05, 0) is 71.5 Å². The van der Waals surface area contributed by atoms with E-state index in [-0.39, 0.29) is 0 Å². The smallest absolute Gasteiger partial charge is 0.164 e. The van der Waals surface area contributed by atoms with Crippen LogP contribution in [0.25, 0.3) is 88.7 Å².